The Balaban J connectivity index is 2.71. The summed E-state index contributed by atoms with van der Waals surface area (Å²) >= 11 is 0. The molecule has 98 valence electrons. The number of carbonyl (C=O) groups excluding carboxylic acids is 1. The Morgan fingerprint density at radius 1 is 1.35 bits per heavy atom. The first-order chi connectivity index (χ1) is 7.58. The molecular weight excluding hydrogens is 222 g/mol. The van der Waals surface area contributed by atoms with Crippen LogP contribution in [0.2, 0.25) is 0 Å². The maximum atomic E-state index is 11.6. The quantitative estimate of drug-likeness (QED) is 0.778. The fourth-order valence-corrected chi connectivity index (χ4v) is 2.18. The van der Waals surface area contributed by atoms with E-state index in [1.165, 1.54) is 0 Å². The minimum atomic E-state index is -1.16. The molecule has 1 saturated carbocycles. The molecule has 1 rings (SSSR count). The van der Waals surface area contributed by atoms with Gasteiger partial charge in [0.15, 0.2) is 0 Å². The maximum Gasteiger partial charge on any atom is 0.408 e. The number of aliphatic carboxylic acids is 1. The van der Waals surface area contributed by atoms with Crippen molar-refractivity contribution < 1.29 is 19.4 Å². The van der Waals surface area contributed by atoms with Crippen LogP contribution in [0.25, 0.3) is 0 Å². The van der Waals surface area contributed by atoms with Crippen molar-refractivity contribution in [2.45, 2.75) is 52.2 Å². The number of amides is 1. The highest BCUT2D eigenvalue weighted by Gasteiger charge is 2.56. The van der Waals surface area contributed by atoms with Crippen molar-refractivity contribution in [3.8, 4) is 0 Å². The lowest BCUT2D eigenvalue weighted by Crippen LogP contribution is -2.67. The lowest BCUT2D eigenvalue weighted by molar-refractivity contribution is -0.156. The molecule has 1 amide bonds. The Bertz CT molecular complexity index is 334. The van der Waals surface area contributed by atoms with Crippen molar-refractivity contribution in [3.05, 3.63) is 0 Å². The van der Waals surface area contributed by atoms with E-state index in [0.29, 0.717) is 12.3 Å². The van der Waals surface area contributed by atoms with Gasteiger partial charge in [0.2, 0.25) is 0 Å². The highest BCUT2D eigenvalue weighted by atomic mass is 16.6. The van der Waals surface area contributed by atoms with Gasteiger partial charge in [-0.05, 0) is 39.0 Å². The second-order valence-electron chi connectivity index (χ2n) is 5.87. The molecule has 3 atom stereocenters. The molecule has 0 radical (unpaired) electrons. The molecule has 5 nitrogen and oxygen atoms in total. The molecule has 0 aromatic heterocycles. The topological polar surface area (TPSA) is 75.6 Å². The van der Waals surface area contributed by atoms with Gasteiger partial charge in [0.25, 0.3) is 0 Å². The summed E-state index contributed by atoms with van der Waals surface area (Å²) in [6.45, 7) is 9.04. The summed E-state index contributed by atoms with van der Waals surface area (Å²) in [4.78, 5) is 22.9. The molecule has 0 aromatic carbocycles. The van der Waals surface area contributed by atoms with Gasteiger partial charge < -0.3 is 15.2 Å². The molecule has 1 aliphatic rings. The molecule has 17 heavy (non-hydrogen) atoms. The van der Waals surface area contributed by atoms with Gasteiger partial charge >= 0.3 is 12.1 Å². The minimum Gasteiger partial charge on any atom is -0.479 e. The Morgan fingerprint density at radius 3 is 2.18 bits per heavy atom. The van der Waals surface area contributed by atoms with Crippen molar-refractivity contribution in [3.63, 3.8) is 0 Å². The molecule has 0 aliphatic heterocycles. The molecular formula is C12H21NO4. The first kappa shape index (κ1) is 13.8. The average Bonchev–Trinajstić information content (AvgIpc) is 2.12. The van der Waals surface area contributed by atoms with Crippen LogP contribution in [0.1, 0.15) is 41.0 Å². The summed E-state index contributed by atoms with van der Waals surface area (Å²) in [7, 11) is 0. The minimum absolute atomic E-state index is 0.0903. The van der Waals surface area contributed by atoms with Gasteiger partial charge in [0.05, 0.1) is 0 Å². The summed E-state index contributed by atoms with van der Waals surface area (Å²) in [6.07, 6.45) is -0.221. The normalized spacial score (nSPS) is 32.5. The van der Waals surface area contributed by atoms with Crippen molar-refractivity contribution in [1.82, 2.24) is 5.32 Å². The van der Waals surface area contributed by atoms with Crippen LogP contribution >= 0.6 is 0 Å². The zero-order valence-electron chi connectivity index (χ0n) is 11.0. The second kappa shape index (κ2) is 4.20. The predicted molar refractivity (Wildman–Crippen MR) is 62.7 cm³/mol. The number of carboxylic acid groups (broad SMARTS) is 1. The van der Waals surface area contributed by atoms with Crippen molar-refractivity contribution in [1.29, 1.82) is 0 Å². The van der Waals surface area contributed by atoms with Gasteiger partial charge in [-0.2, -0.15) is 0 Å². The predicted octanol–water partition coefficient (Wildman–Crippen LogP) is 2.01. The van der Waals surface area contributed by atoms with Gasteiger partial charge in [-0.1, -0.05) is 13.8 Å². The number of carbonyl (C=O) groups is 2. The SMILES string of the molecule is CC1CC(NC(=O)OC(C)(C)C)(C(=O)O)C1C. The van der Waals surface area contributed by atoms with E-state index in [-0.39, 0.29) is 5.92 Å². The highest BCUT2D eigenvalue weighted by molar-refractivity contribution is 5.86. The Morgan fingerprint density at radius 2 is 1.88 bits per heavy atom. The van der Waals surface area contributed by atoms with Crippen LogP contribution in [0.4, 0.5) is 4.79 Å². The van der Waals surface area contributed by atoms with Gasteiger partial charge in [-0.3, -0.25) is 0 Å². The molecule has 0 saturated heterocycles. The average molecular weight is 243 g/mol. The summed E-state index contributed by atoms with van der Waals surface area (Å²) < 4.78 is 5.09. The summed E-state index contributed by atoms with van der Waals surface area (Å²) in [5, 5.41) is 11.8. The van der Waals surface area contributed by atoms with E-state index in [0.717, 1.165) is 0 Å². The number of hydrogen-bond donors (Lipinski definition) is 2. The summed E-state index contributed by atoms with van der Waals surface area (Å²) in [5.74, 6) is -0.789. The number of hydrogen-bond acceptors (Lipinski definition) is 3. The van der Waals surface area contributed by atoms with Crippen LogP contribution in [0.15, 0.2) is 0 Å². The zero-order chi connectivity index (χ0) is 13.4. The Hall–Kier alpha value is -1.26. The molecule has 0 bridgehead atoms. The largest absolute Gasteiger partial charge is 0.479 e. The van der Waals surface area contributed by atoms with E-state index in [1.807, 2.05) is 13.8 Å². The first-order valence-electron chi connectivity index (χ1n) is 5.83. The van der Waals surface area contributed by atoms with Crippen LogP contribution < -0.4 is 5.32 Å². The van der Waals surface area contributed by atoms with Gasteiger partial charge in [-0.15, -0.1) is 0 Å². The van der Waals surface area contributed by atoms with E-state index < -0.39 is 23.2 Å². The van der Waals surface area contributed by atoms with Crippen LogP contribution in [0, 0.1) is 11.8 Å². The fraction of sp³-hybridized carbons (Fsp3) is 0.833. The van der Waals surface area contributed by atoms with E-state index >= 15 is 0 Å². The second-order valence-corrected chi connectivity index (χ2v) is 5.87. The zero-order valence-corrected chi connectivity index (χ0v) is 11.0. The van der Waals surface area contributed by atoms with Gasteiger partial charge in [0.1, 0.15) is 11.1 Å². The van der Waals surface area contributed by atoms with Crippen LogP contribution in [-0.4, -0.2) is 28.3 Å². The van der Waals surface area contributed by atoms with E-state index in [4.69, 9.17) is 4.74 Å². The monoisotopic (exact) mass is 243 g/mol. The third kappa shape index (κ3) is 2.70. The van der Waals surface area contributed by atoms with Crippen LogP contribution in [-0.2, 0) is 9.53 Å². The number of carboxylic acids is 1. The molecule has 3 unspecified atom stereocenters. The molecule has 1 fully saturated rings. The molecule has 1 aliphatic carbocycles. The van der Waals surface area contributed by atoms with Crippen molar-refractivity contribution in [2.24, 2.45) is 11.8 Å². The van der Waals surface area contributed by atoms with Gasteiger partial charge in [-0.25, -0.2) is 9.59 Å². The molecule has 5 heteroatoms. The van der Waals surface area contributed by atoms with Crippen molar-refractivity contribution >= 4 is 12.1 Å². The fourth-order valence-electron chi connectivity index (χ4n) is 2.18. The van der Waals surface area contributed by atoms with Crippen molar-refractivity contribution in [2.75, 3.05) is 0 Å². The Labute approximate surface area is 102 Å². The molecule has 0 aromatic rings. The van der Waals surface area contributed by atoms with Crippen LogP contribution in [0.3, 0.4) is 0 Å². The smallest absolute Gasteiger partial charge is 0.408 e. The number of rotatable bonds is 2. The third-order valence-corrected chi connectivity index (χ3v) is 3.38. The van der Waals surface area contributed by atoms with E-state index in [1.54, 1.807) is 20.8 Å². The highest BCUT2D eigenvalue weighted by Crippen LogP contribution is 2.43. The lowest BCUT2D eigenvalue weighted by Gasteiger charge is -2.49. The standard InChI is InChI=1S/C12H21NO4/c1-7-6-12(8(7)2,9(14)15)13-10(16)17-11(3,4)5/h7-8H,6H2,1-5H3,(H,13,16)(H,14,15). The van der Waals surface area contributed by atoms with Gasteiger partial charge in [0, 0.05) is 0 Å². The molecule has 0 spiro atoms. The molecule has 0 heterocycles. The van der Waals surface area contributed by atoms with E-state index in [2.05, 4.69) is 5.32 Å². The number of alkyl carbamates (subject to hydrolysis) is 1. The molecule has 2 N–H and O–H groups in total. The Kier molecular flexibility index (Phi) is 3.41. The summed E-state index contributed by atoms with van der Waals surface area (Å²) in [6, 6.07) is 0. The maximum absolute atomic E-state index is 11.6. The van der Waals surface area contributed by atoms with E-state index in [9.17, 15) is 14.7 Å². The lowest BCUT2D eigenvalue weighted by atomic mass is 9.60. The summed E-state index contributed by atoms with van der Waals surface area (Å²) in [5.41, 5.74) is -1.79. The third-order valence-electron chi connectivity index (χ3n) is 3.38. The number of ether oxygens (including phenoxy) is 1. The van der Waals surface area contributed by atoms with Crippen LogP contribution in [0.5, 0.6) is 0 Å². The number of nitrogens with one attached hydrogen (secondary N) is 1. The first-order valence-corrected chi connectivity index (χ1v) is 5.83.